The van der Waals surface area contributed by atoms with E-state index >= 15 is 0 Å². The monoisotopic (exact) mass is 767 g/mol. The molecule has 300 valence electrons. The van der Waals surface area contributed by atoms with Gasteiger partial charge in [0, 0.05) is 69.7 Å². The number of carbonyl (C=O) groups excluding carboxylic acids is 6. The number of esters is 1. The number of aromatic nitrogens is 1. The summed E-state index contributed by atoms with van der Waals surface area (Å²) in [4.78, 5) is 88.1. The van der Waals surface area contributed by atoms with E-state index in [0.717, 1.165) is 24.8 Å². The smallest absolute Gasteiger partial charge is 0.409 e. The fourth-order valence-corrected chi connectivity index (χ4v) is 6.76. The number of aryl methyl sites for hydroxylation is 1. The molecule has 0 bridgehead atoms. The standard InChI is InChI=1S/C38H53N7O10/c1-3-53-38(52)44-18-16-43(17-19-44)37(51)28(11-12-34(48)54-21-14-39-13-20-46)42-35(49)30-23-32(27-10-9-25(2)22-29(27)41-30)55-24-33(47)45-15-5-8-31(45)36(50)40-26-6-4-7-26/h9-10,22-23,26,28,31,39,46H,3-8,11-21,24H2,1-2H3,(H,40,50)(H,42,49). The topological polar surface area (TPSA) is 209 Å². The number of fused-ring (bicyclic) bond motifs is 1. The molecule has 1 aromatic carbocycles. The minimum atomic E-state index is -1.14. The first kappa shape index (κ1) is 41.1. The summed E-state index contributed by atoms with van der Waals surface area (Å²) in [6.45, 7) is 5.47. The van der Waals surface area contributed by atoms with Crippen molar-refractivity contribution >= 4 is 46.6 Å². The van der Waals surface area contributed by atoms with E-state index in [2.05, 4.69) is 20.9 Å². The van der Waals surface area contributed by atoms with Gasteiger partial charge in [0.05, 0.1) is 18.7 Å². The maximum Gasteiger partial charge on any atom is 0.409 e. The van der Waals surface area contributed by atoms with Crippen LogP contribution in [0.25, 0.3) is 10.9 Å². The Hall–Kier alpha value is -5.03. The van der Waals surface area contributed by atoms with Gasteiger partial charge in [-0.05, 0) is 70.1 Å². The predicted molar refractivity (Wildman–Crippen MR) is 199 cm³/mol. The summed E-state index contributed by atoms with van der Waals surface area (Å²) >= 11 is 0. The number of hydrogen-bond acceptors (Lipinski definition) is 12. The van der Waals surface area contributed by atoms with Gasteiger partial charge in [-0.3, -0.25) is 24.0 Å². The Kier molecular flexibility index (Phi) is 15.0. The summed E-state index contributed by atoms with van der Waals surface area (Å²) in [5.74, 6) is -1.96. The summed E-state index contributed by atoms with van der Waals surface area (Å²) < 4.78 is 16.4. The Labute approximate surface area is 320 Å². The normalized spacial score (nSPS) is 17.7. The quantitative estimate of drug-likeness (QED) is 0.131. The first-order chi connectivity index (χ1) is 26.6. The molecule has 4 N–H and O–H groups in total. The highest BCUT2D eigenvalue weighted by Crippen LogP contribution is 2.28. The van der Waals surface area contributed by atoms with Crippen LogP contribution in [0, 0.1) is 6.92 Å². The lowest BCUT2D eigenvalue weighted by molar-refractivity contribution is -0.144. The van der Waals surface area contributed by atoms with Crippen LogP contribution in [0.1, 0.15) is 67.9 Å². The molecule has 2 saturated heterocycles. The lowest BCUT2D eigenvalue weighted by Crippen LogP contribution is -2.56. The van der Waals surface area contributed by atoms with Crippen LogP contribution >= 0.6 is 0 Å². The molecule has 3 fully saturated rings. The number of pyridine rings is 1. The summed E-state index contributed by atoms with van der Waals surface area (Å²) in [6.07, 6.45) is 3.54. The van der Waals surface area contributed by atoms with Gasteiger partial charge in [0.2, 0.25) is 11.8 Å². The lowest BCUT2D eigenvalue weighted by Gasteiger charge is -2.36. The Morgan fingerprint density at radius 3 is 2.42 bits per heavy atom. The van der Waals surface area contributed by atoms with E-state index in [1.807, 2.05) is 13.0 Å². The summed E-state index contributed by atoms with van der Waals surface area (Å²) in [7, 11) is 0. The number of aliphatic hydroxyl groups excluding tert-OH is 1. The maximum absolute atomic E-state index is 13.9. The van der Waals surface area contributed by atoms with Crippen molar-refractivity contribution in [2.75, 3.05) is 72.2 Å². The van der Waals surface area contributed by atoms with Crippen molar-refractivity contribution in [1.82, 2.24) is 35.6 Å². The molecule has 1 aromatic heterocycles. The van der Waals surface area contributed by atoms with E-state index in [-0.39, 0.29) is 94.7 Å². The van der Waals surface area contributed by atoms with Crippen molar-refractivity contribution in [3.05, 3.63) is 35.5 Å². The first-order valence-electron chi connectivity index (χ1n) is 19.2. The molecule has 2 unspecified atom stereocenters. The molecule has 5 amide bonds. The number of aliphatic hydroxyl groups is 1. The van der Waals surface area contributed by atoms with E-state index in [1.54, 1.807) is 24.0 Å². The number of carbonyl (C=O) groups is 6. The van der Waals surface area contributed by atoms with E-state index in [0.29, 0.717) is 43.4 Å². The van der Waals surface area contributed by atoms with Crippen LogP contribution in [0.3, 0.4) is 0 Å². The van der Waals surface area contributed by atoms with Gasteiger partial charge < -0.3 is 50.0 Å². The molecule has 3 aliphatic rings. The summed E-state index contributed by atoms with van der Waals surface area (Å²) in [6, 6.07) is 5.30. The lowest BCUT2D eigenvalue weighted by atomic mass is 9.93. The van der Waals surface area contributed by atoms with Crippen molar-refractivity contribution < 1.29 is 48.1 Å². The van der Waals surface area contributed by atoms with E-state index in [1.165, 1.54) is 15.9 Å². The molecule has 1 aliphatic carbocycles. The van der Waals surface area contributed by atoms with Crippen molar-refractivity contribution in [2.24, 2.45) is 0 Å². The molecule has 1 saturated carbocycles. The number of benzene rings is 1. The average molecular weight is 768 g/mol. The molecule has 55 heavy (non-hydrogen) atoms. The molecule has 5 rings (SSSR count). The van der Waals surface area contributed by atoms with Crippen molar-refractivity contribution in [3.63, 3.8) is 0 Å². The number of piperazine rings is 1. The van der Waals surface area contributed by atoms with Crippen LogP contribution in [-0.4, -0.2) is 151 Å². The van der Waals surface area contributed by atoms with Crippen molar-refractivity contribution in [3.8, 4) is 5.75 Å². The third kappa shape index (κ3) is 11.3. The second-order valence-electron chi connectivity index (χ2n) is 14.0. The number of nitrogens with zero attached hydrogens (tertiary/aromatic N) is 4. The molecule has 0 spiro atoms. The summed E-state index contributed by atoms with van der Waals surface area (Å²) in [5, 5.41) is 18.2. The number of ether oxygens (including phenoxy) is 3. The summed E-state index contributed by atoms with van der Waals surface area (Å²) in [5.41, 5.74) is 1.24. The number of hydrogen-bond donors (Lipinski definition) is 4. The zero-order valence-corrected chi connectivity index (χ0v) is 31.7. The zero-order chi connectivity index (χ0) is 39.3. The zero-order valence-electron chi connectivity index (χ0n) is 31.7. The van der Waals surface area contributed by atoms with Crippen molar-refractivity contribution in [2.45, 2.75) is 76.9 Å². The van der Waals surface area contributed by atoms with Gasteiger partial charge in [-0.25, -0.2) is 9.78 Å². The Balaban J connectivity index is 1.29. The van der Waals surface area contributed by atoms with E-state index < -0.39 is 36.0 Å². The highest BCUT2D eigenvalue weighted by molar-refractivity contribution is 5.99. The van der Waals surface area contributed by atoms with Gasteiger partial charge in [0.15, 0.2) is 6.61 Å². The fraction of sp³-hybridized carbons (Fsp3) is 0.605. The minimum absolute atomic E-state index is 0.0533. The van der Waals surface area contributed by atoms with Crippen LogP contribution < -0.4 is 20.7 Å². The van der Waals surface area contributed by atoms with Crippen LogP contribution in [0.15, 0.2) is 24.3 Å². The fourth-order valence-electron chi connectivity index (χ4n) is 6.76. The van der Waals surface area contributed by atoms with Gasteiger partial charge in [-0.2, -0.15) is 0 Å². The van der Waals surface area contributed by atoms with Crippen LogP contribution in [0.4, 0.5) is 4.79 Å². The maximum atomic E-state index is 13.9. The number of likely N-dealkylation sites (tertiary alicyclic amines) is 1. The molecule has 0 radical (unpaired) electrons. The molecule has 3 heterocycles. The largest absolute Gasteiger partial charge is 0.483 e. The molecule has 2 atom stereocenters. The van der Waals surface area contributed by atoms with E-state index in [9.17, 15) is 28.8 Å². The number of rotatable bonds is 17. The second-order valence-corrected chi connectivity index (χ2v) is 14.0. The van der Waals surface area contributed by atoms with Gasteiger partial charge in [0.1, 0.15) is 30.1 Å². The van der Waals surface area contributed by atoms with Gasteiger partial charge in [-0.1, -0.05) is 6.07 Å². The minimum Gasteiger partial charge on any atom is -0.483 e. The Morgan fingerprint density at radius 1 is 0.945 bits per heavy atom. The van der Waals surface area contributed by atoms with Gasteiger partial charge >= 0.3 is 12.1 Å². The highest BCUT2D eigenvalue weighted by atomic mass is 16.6. The second kappa shape index (κ2) is 20.0. The molecule has 2 aromatic rings. The molecule has 2 aliphatic heterocycles. The van der Waals surface area contributed by atoms with Crippen molar-refractivity contribution in [1.29, 1.82) is 0 Å². The highest BCUT2D eigenvalue weighted by Gasteiger charge is 2.36. The SMILES string of the molecule is CCOC(=O)N1CCN(C(=O)C(CCC(=O)OCCNCCO)NC(=O)c2cc(OCC(=O)N3CCCC3C(=O)NC3CCC3)c3ccc(C)cc3n2)CC1. The van der Waals surface area contributed by atoms with Gasteiger partial charge in [-0.15, -0.1) is 0 Å². The third-order valence-corrected chi connectivity index (χ3v) is 10.0. The van der Waals surface area contributed by atoms with Crippen LogP contribution in [-0.2, 0) is 28.7 Å². The first-order valence-corrected chi connectivity index (χ1v) is 19.2. The number of amides is 5. The molecular formula is C38H53N7O10. The number of nitrogens with one attached hydrogen (secondary N) is 3. The predicted octanol–water partition coefficient (Wildman–Crippen LogP) is 0.886. The molecule has 17 heteroatoms. The van der Waals surface area contributed by atoms with Gasteiger partial charge in [0.25, 0.3) is 11.8 Å². The van der Waals surface area contributed by atoms with E-state index in [4.69, 9.17) is 19.3 Å². The van der Waals surface area contributed by atoms with Crippen LogP contribution in [0.2, 0.25) is 0 Å². The van der Waals surface area contributed by atoms with Crippen LogP contribution in [0.5, 0.6) is 5.75 Å². The molecule has 17 nitrogen and oxygen atoms in total. The Morgan fingerprint density at radius 2 is 1.71 bits per heavy atom. The average Bonchev–Trinajstić information content (AvgIpc) is 3.67. The third-order valence-electron chi connectivity index (χ3n) is 10.0. The Bertz CT molecular complexity index is 1690. The molecular weight excluding hydrogens is 714 g/mol.